The number of aromatic carboxylic acids is 1. The van der Waals surface area contributed by atoms with E-state index in [2.05, 4.69) is 21.0 Å². The third kappa shape index (κ3) is 3.85. The highest BCUT2D eigenvalue weighted by Crippen LogP contribution is 2.45. The van der Waals surface area contributed by atoms with Crippen molar-refractivity contribution in [1.29, 1.82) is 0 Å². The van der Waals surface area contributed by atoms with Gasteiger partial charge in [0.2, 0.25) is 0 Å². The lowest BCUT2D eigenvalue weighted by Gasteiger charge is -2.14. The summed E-state index contributed by atoms with van der Waals surface area (Å²) < 4.78 is 14.6. The van der Waals surface area contributed by atoms with E-state index in [1.807, 2.05) is 50.2 Å². The molecule has 1 aliphatic rings. The van der Waals surface area contributed by atoms with Gasteiger partial charge in [-0.1, -0.05) is 37.6 Å². The fourth-order valence-electron chi connectivity index (χ4n) is 5.40. The molecule has 3 N–H and O–H groups in total. The third-order valence-electron chi connectivity index (χ3n) is 6.95. The first kappa shape index (κ1) is 23.3. The number of hydrogen-bond donors (Lipinski definition) is 3. The van der Waals surface area contributed by atoms with E-state index in [9.17, 15) is 14.3 Å². The quantitative estimate of drug-likeness (QED) is 0.224. The second-order valence-corrected chi connectivity index (χ2v) is 10.0. The van der Waals surface area contributed by atoms with E-state index in [0.717, 1.165) is 38.9 Å². The molecule has 37 heavy (non-hydrogen) atoms. The molecule has 1 aliphatic carbocycles. The van der Waals surface area contributed by atoms with E-state index >= 15 is 0 Å². The number of fused-ring (bicyclic) bond motifs is 2. The molecule has 184 valence electrons. The van der Waals surface area contributed by atoms with Gasteiger partial charge in [0.25, 0.3) is 0 Å². The zero-order valence-electron chi connectivity index (χ0n) is 20.2. The van der Waals surface area contributed by atoms with Gasteiger partial charge in [0.15, 0.2) is 0 Å². The summed E-state index contributed by atoms with van der Waals surface area (Å²) in [5.41, 5.74) is 7.99. The molecule has 3 aromatic heterocycles. The van der Waals surface area contributed by atoms with Crippen molar-refractivity contribution < 1.29 is 14.3 Å². The molecule has 0 aliphatic heterocycles. The second-order valence-electron chi connectivity index (χ2n) is 9.59. The number of carboxylic acid groups (broad SMARTS) is 1. The number of carbonyl (C=O) groups is 1. The SMILES string of the molecule is CC(C)c1c(-c2cc(F)cc3[nH]ccc23)[nH]c(C(=O)O)c1-c1ccnc2c1C=C(c1cccc(Cl)c1)C2. The summed E-state index contributed by atoms with van der Waals surface area (Å²) in [5, 5.41) is 11.7. The Morgan fingerprint density at radius 3 is 2.73 bits per heavy atom. The first-order valence-electron chi connectivity index (χ1n) is 12.0. The van der Waals surface area contributed by atoms with E-state index < -0.39 is 11.8 Å². The monoisotopic (exact) mass is 511 g/mol. The highest BCUT2D eigenvalue weighted by atomic mass is 35.5. The predicted molar refractivity (Wildman–Crippen MR) is 145 cm³/mol. The van der Waals surface area contributed by atoms with Crippen molar-refractivity contribution >= 4 is 40.1 Å². The number of H-pyrrole nitrogens is 2. The van der Waals surface area contributed by atoms with Gasteiger partial charge in [-0.15, -0.1) is 0 Å². The van der Waals surface area contributed by atoms with Crippen LogP contribution >= 0.6 is 11.6 Å². The molecule has 6 rings (SSSR count). The smallest absolute Gasteiger partial charge is 0.352 e. The van der Waals surface area contributed by atoms with Crippen LogP contribution in [0.1, 0.15) is 52.6 Å². The minimum Gasteiger partial charge on any atom is -0.477 e. The van der Waals surface area contributed by atoms with Gasteiger partial charge in [0, 0.05) is 51.4 Å². The summed E-state index contributed by atoms with van der Waals surface area (Å²) in [6.07, 6.45) is 6.16. The first-order chi connectivity index (χ1) is 17.8. The van der Waals surface area contributed by atoms with Crippen LogP contribution in [0.5, 0.6) is 0 Å². The molecule has 2 aromatic carbocycles. The number of aromatic amines is 2. The van der Waals surface area contributed by atoms with Crippen LogP contribution in [0.25, 0.3) is 44.9 Å². The molecular weight excluding hydrogens is 489 g/mol. The molecule has 7 heteroatoms. The Morgan fingerprint density at radius 1 is 1.14 bits per heavy atom. The Morgan fingerprint density at radius 2 is 1.97 bits per heavy atom. The molecule has 0 saturated heterocycles. The highest BCUT2D eigenvalue weighted by molar-refractivity contribution is 6.30. The fraction of sp³-hybridized carbons (Fsp3) is 0.133. The molecule has 0 bridgehead atoms. The lowest BCUT2D eigenvalue weighted by atomic mass is 9.88. The Balaban J connectivity index is 1.62. The molecule has 5 aromatic rings. The lowest BCUT2D eigenvalue weighted by molar-refractivity contribution is 0.0692. The molecular formula is C30H23ClFN3O2. The normalized spacial score (nSPS) is 12.8. The maximum Gasteiger partial charge on any atom is 0.352 e. The molecule has 0 atom stereocenters. The van der Waals surface area contributed by atoms with Crippen LogP contribution in [0.4, 0.5) is 4.39 Å². The number of pyridine rings is 1. The average Bonchev–Trinajstić information content (AvgIpc) is 3.59. The molecule has 0 spiro atoms. The van der Waals surface area contributed by atoms with E-state index in [-0.39, 0.29) is 11.6 Å². The Kier molecular flexibility index (Phi) is 5.50. The molecule has 5 nitrogen and oxygen atoms in total. The number of benzene rings is 2. The number of hydrogen-bond acceptors (Lipinski definition) is 2. The Hall–Kier alpha value is -4.16. The molecule has 0 unspecified atom stereocenters. The predicted octanol–water partition coefficient (Wildman–Crippen LogP) is 7.94. The zero-order valence-corrected chi connectivity index (χ0v) is 20.9. The second kappa shape index (κ2) is 8.75. The number of halogens is 2. The molecule has 3 heterocycles. The fourth-order valence-corrected chi connectivity index (χ4v) is 5.59. The minimum absolute atomic E-state index is 0.0480. The van der Waals surface area contributed by atoms with Crippen molar-refractivity contribution in [2.75, 3.05) is 0 Å². The summed E-state index contributed by atoms with van der Waals surface area (Å²) in [6, 6.07) is 14.3. The summed E-state index contributed by atoms with van der Waals surface area (Å²) in [7, 11) is 0. The summed E-state index contributed by atoms with van der Waals surface area (Å²) in [5.74, 6) is -1.52. The van der Waals surface area contributed by atoms with Crippen molar-refractivity contribution in [1.82, 2.24) is 15.0 Å². The number of aromatic nitrogens is 3. The number of rotatable bonds is 5. The van der Waals surface area contributed by atoms with E-state index in [4.69, 9.17) is 11.6 Å². The van der Waals surface area contributed by atoms with Gasteiger partial charge in [-0.2, -0.15) is 0 Å². The molecule has 0 radical (unpaired) electrons. The average molecular weight is 512 g/mol. The summed E-state index contributed by atoms with van der Waals surface area (Å²) >= 11 is 6.24. The van der Waals surface area contributed by atoms with Crippen LogP contribution in [0.3, 0.4) is 0 Å². The molecule has 0 fully saturated rings. The third-order valence-corrected chi connectivity index (χ3v) is 7.18. The van der Waals surface area contributed by atoms with Gasteiger partial charge >= 0.3 is 5.97 Å². The van der Waals surface area contributed by atoms with E-state index in [0.29, 0.717) is 33.8 Å². The van der Waals surface area contributed by atoms with Crippen LogP contribution in [-0.2, 0) is 6.42 Å². The van der Waals surface area contributed by atoms with Crippen LogP contribution < -0.4 is 0 Å². The van der Waals surface area contributed by atoms with Crippen molar-refractivity contribution in [3.63, 3.8) is 0 Å². The minimum atomic E-state index is -1.08. The number of nitrogens with zero attached hydrogens (tertiary/aromatic N) is 1. The van der Waals surface area contributed by atoms with Crippen LogP contribution in [0.2, 0.25) is 5.02 Å². The topological polar surface area (TPSA) is 81.8 Å². The van der Waals surface area contributed by atoms with Crippen molar-refractivity contribution in [2.24, 2.45) is 0 Å². The van der Waals surface area contributed by atoms with Crippen LogP contribution in [0, 0.1) is 5.82 Å². The maximum atomic E-state index is 14.6. The zero-order chi connectivity index (χ0) is 25.8. The standard InChI is InChI=1S/C30H23ClFN3O2/c1-15(2)26-27(21-7-9-33-24-12-17(11-22(21)24)16-4-3-5-18(31)10-16)29(30(36)37)35-28(26)23-13-19(32)14-25-20(23)6-8-34-25/h3-11,13-15,34-35H,12H2,1-2H3,(H,36,37). The molecule has 0 amide bonds. The van der Waals surface area contributed by atoms with E-state index in [1.54, 1.807) is 12.4 Å². The van der Waals surface area contributed by atoms with Gasteiger partial charge in [0.1, 0.15) is 11.5 Å². The number of nitrogens with one attached hydrogen (secondary N) is 2. The number of allylic oxidation sites excluding steroid dienone is 1. The Labute approximate surface area is 217 Å². The van der Waals surface area contributed by atoms with Crippen molar-refractivity contribution in [2.45, 2.75) is 26.2 Å². The van der Waals surface area contributed by atoms with Gasteiger partial charge < -0.3 is 15.1 Å². The summed E-state index contributed by atoms with van der Waals surface area (Å²) in [4.78, 5) is 23.4. The lowest BCUT2D eigenvalue weighted by Crippen LogP contribution is -2.02. The van der Waals surface area contributed by atoms with Gasteiger partial charge in [0.05, 0.1) is 11.4 Å². The maximum absolute atomic E-state index is 14.6. The molecule has 0 saturated carbocycles. The van der Waals surface area contributed by atoms with Gasteiger partial charge in [-0.25, -0.2) is 9.18 Å². The van der Waals surface area contributed by atoms with Crippen LogP contribution in [0.15, 0.2) is 60.9 Å². The van der Waals surface area contributed by atoms with Gasteiger partial charge in [-0.3, -0.25) is 4.98 Å². The highest BCUT2D eigenvalue weighted by Gasteiger charge is 2.30. The van der Waals surface area contributed by atoms with E-state index in [1.165, 1.54) is 12.1 Å². The Bertz CT molecular complexity index is 1750. The van der Waals surface area contributed by atoms with Crippen molar-refractivity contribution in [3.05, 3.63) is 99.8 Å². The van der Waals surface area contributed by atoms with Gasteiger partial charge in [-0.05, 0) is 70.7 Å². The summed E-state index contributed by atoms with van der Waals surface area (Å²) in [6.45, 7) is 4.04. The van der Waals surface area contributed by atoms with Crippen LogP contribution in [-0.4, -0.2) is 26.0 Å². The largest absolute Gasteiger partial charge is 0.477 e. The van der Waals surface area contributed by atoms with Crippen molar-refractivity contribution in [3.8, 4) is 22.4 Å². The number of carboxylic acids is 1. The first-order valence-corrected chi connectivity index (χ1v) is 12.4.